The number of nitrogens with zero attached hydrogens (tertiary/aromatic N) is 3. The lowest BCUT2D eigenvalue weighted by atomic mass is 10.0. The van der Waals surface area contributed by atoms with Gasteiger partial charge in [0.15, 0.2) is 0 Å². The molecule has 13 heteroatoms. The Hall–Kier alpha value is -3.39. The highest BCUT2D eigenvalue weighted by Crippen LogP contribution is 2.22. The number of hydrogen-bond donors (Lipinski definition) is 2. The standard InChI is InChI=1S/C31H45N5O7S/c1-23(2)20-36(44(39,40)27-11-9-25(32)10-12-27)21-29(43-31(38)35-16-14-34(3)15-17-35)28(19-24-7-5-4-6-8-24)33-30(37)42-26-13-18-41-22-26/h4-12,23,26,28-29H,13-22,32H2,1-3H3,(H,33,37)/t26?,28-,29?/m0/s1. The number of nitrogen functional groups attached to an aromatic ring is 1. The first-order chi connectivity index (χ1) is 21.0. The van der Waals surface area contributed by atoms with Gasteiger partial charge in [-0.25, -0.2) is 18.0 Å². The lowest BCUT2D eigenvalue weighted by molar-refractivity contribution is 0.0219. The third-order valence-electron chi connectivity index (χ3n) is 7.70. The van der Waals surface area contributed by atoms with Gasteiger partial charge < -0.3 is 35.1 Å². The maximum atomic E-state index is 14.0. The van der Waals surface area contributed by atoms with Crippen molar-refractivity contribution in [2.24, 2.45) is 5.92 Å². The fourth-order valence-corrected chi connectivity index (χ4v) is 6.81. The molecular formula is C31H45N5O7S. The molecule has 0 spiro atoms. The second kappa shape index (κ2) is 15.6. The number of sulfonamides is 1. The summed E-state index contributed by atoms with van der Waals surface area (Å²) in [6.45, 7) is 6.94. The van der Waals surface area contributed by atoms with Gasteiger partial charge in [0.2, 0.25) is 10.0 Å². The highest BCUT2D eigenvalue weighted by Gasteiger charge is 2.36. The van der Waals surface area contributed by atoms with E-state index >= 15 is 0 Å². The highest BCUT2D eigenvalue weighted by atomic mass is 32.2. The Morgan fingerprint density at radius 3 is 2.34 bits per heavy atom. The first-order valence-corrected chi connectivity index (χ1v) is 16.5. The van der Waals surface area contributed by atoms with Gasteiger partial charge in [-0.3, -0.25) is 0 Å². The average Bonchev–Trinajstić information content (AvgIpc) is 3.50. The van der Waals surface area contributed by atoms with E-state index in [1.165, 1.54) is 28.6 Å². The van der Waals surface area contributed by atoms with Crippen molar-refractivity contribution < 1.29 is 32.2 Å². The van der Waals surface area contributed by atoms with E-state index < -0.39 is 34.4 Å². The lowest BCUT2D eigenvalue weighted by Gasteiger charge is -2.36. The van der Waals surface area contributed by atoms with Crippen LogP contribution < -0.4 is 11.1 Å². The van der Waals surface area contributed by atoms with Gasteiger partial charge in [0.1, 0.15) is 12.2 Å². The van der Waals surface area contributed by atoms with E-state index in [0.717, 1.165) is 5.56 Å². The summed E-state index contributed by atoms with van der Waals surface area (Å²) in [5.74, 6) is -0.0413. The molecule has 0 bridgehead atoms. The van der Waals surface area contributed by atoms with Crippen LogP contribution in [0, 0.1) is 5.92 Å². The smallest absolute Gasteiger partial charge is 0.410 e. The number of nitrogens with one attached hydrogen (secondary N) is 1. The van der Waals surface area contributed by atoms with Crippen LogP contribution in [0.5, 0.6) is 0 Å². The maximum absolute atomic E-state index is 14.0. The quantitative estimate of drug-likeness (QED) is 0.338. The molecule has 4 rings (SSSR count). The number of likely N-dealkylation sites (N-methyl/N-ethyl adjacent to an activating group) is 1. The second-order valence-electron chi connectivity index (χ2n) is 11.8. The molecule has 44 heavy (non-hydrogen) atoms. The summed E-state index contributed by atoms with van der Waals surface area (Å²) < 4.78 is 46.4. The molecule has 2 aliphatic rings. The van der Waals surface area contributed by atoms with E-state index in [1.807, 2.05) is 51.2 Å². The largest absolute Gasteiger partial charge is 0.444 e. The SMILES string of the molecule is CC(C)CN(CC(OC(=O)N1CCN(C)CC1)[C@H](Cc1ccccc1)NC(=O)OC1CCOC1)S(=O)(=O)c1ccc(N)cc1. The van der Waals surface area contributed by atoms with Crippen LogP contribution in [0.3, 0.4) is 0 Å². The second-order valence-corrected chi connectivity index (χ2v) is 13.8. The monoisotopic (exact) mass is 631 g/mol. The van der Waals surface area contributed by atoms with Crippen molar-refractivity contribution in [3.63, 3.8) is 0 Å². The fourth-order valence-electron chi connectivity index (χ4n) is 5.19. The minimum atomic E-state index is -4.02. The molecular weight excluding hydrogens is 586 g/mol. The number of piperazine rings is 1. The van der Waals surface area contributed by atoms with Gasteiger partial charge in [-0.2, -0.15) is 4.31 Å². The summed E-state index contributed by atoms with van der Waals surface area (Å²) in [5.41, 5.74) is 7.14. The van der Waals surface area contributed by atoms with Crippen molar-refractivity contribution in [2.45, 2.75) is 49.8 Å². The summed E-state index contributed by atoms with van der Waals surface area (Å²) in [7, 11) is -2.04. The summed E-state index contributed by atoms with van der Waals surface area (Å²) in [6, 6.07) is 14.6. The predicted molar refractivity (Wildman–Crippen MR) is 167 cm³/mol. The van der Waals surface area contributed by atoms with Crippen LogP contribution >= 0.6 is 0 Å². The van der Waals surface area contributed by atoms with Crippen molar-refractivity contribution in [3.8, 4) is 0 Å². The van der Waals surface area contributed by atoms with Crippen LogP contribution in [0.1, 0.15) is 25.8 Å². The van der Waals surface area contributed by atoms with Crippen molar-refractivity contribution in [1.29, 1.82) is 0 Å². The normalized spacial score (nSPS) is 19.1. The molecule has 2 fully saturated rings. The zero-order valence-electron chi connectivity index (χ0n) is 25.8. The molecule has 0 radical (unpaired) electrons. The van der Waals surface area contributed by atoms with E-state index in [1.54, 1.807) is 4.90 Å². The average molecular weight is 632 g/mol. The first-order valence-electron chi connectivity index (χ1n) is 15.1. The number of carbonyl (C=O) groups is 2. The first kappa shape index (κ1) is 33.5. The molecule has 0 aromatic heterocycles. The van der Waals surface area contributed by atoms with Gasteiger partial charge in [-0.15, -0.1) is 0 Å². The number of alkyl carbamates (subject to hydrolysis) is 1. The molecule has 0 saturated carbocycles. The third kappa shape index (κ3) is 9.55. The number of nitrogens with two attached hydrogens (primary N) is 1. The van der Waals surface area contributed by atoms with Gasteiger partial charge in [0.25, 0.3) is 0 Å². The number of benzene rings is 2. The molecule has 3 N–H and O–H groups in total. The molecule has 12 nitrogen and oxygen atoms in total. The Bertz CT molecular complexity index is 1310. The summed E-state index contributed by atoms with van der Waals surface area (Å²) in [4.78, 5) is 30.5. The van der Waals surface area contributed by atoms with Crippen molar-refractivity contribution in [3.05, 3.63) is 60.2 Å². The number of anilines is 1. The van der Waals surface area contributed by atoms with E-state index in [-0.39, 0.29) is 36.4 Å². The molecule has 2 amide bonds. The zero-order valence-corrected chi connectivity index (χ0v) is 26.6. The number of hydrogen-bond acceptors (Lipinski definition) is 9. The zero-order chi connectivity index (χ0) is 31.7. The van der Waals surface area contributed by atoms with Crippen molar-refractivity contribution >= 4 is 27.9 Å². The van der Waals surface area contributed by atoms with E-state index in [2.05, 4.69) is 10.2 Å². The number of rotatable bonds is 12. The van der Waals surface area contributed by atoms with Crippen LogP contribution in [0.2, 0.25) is 0 Å². The van der Waals surface area contributed by atoms with Crippen LogP contribution in [-0.4, -0.2) is 112 Å². The Morgan fingerprint density at radius 2 is 1.73 bits per heavy atom. The fraction of sp³-hybridized carbons (Fsp3) is 0.548. The number of amides is 2. The van der Waals surface area contributed by atoms with E-state index in [4.69, 9.17) is 19.9 Å². The topological polar surface area (TPSA) is 144 Å². The van der Waals surface area contributed by atoms with Gasteiger partial charge in [-0.1, -0.05) is 44.2 Å². The summed E-state index contributed by atoms with van der Waals surface area (Å²) in [6.07, 6.45) is -1.82. The molecule has 0 aliphatic carbocycles. The highest BCUT2D eigenvalue weighted by molar-refractivity contribution is 7.89. The van der Waals surface area contributed by atoms with Crippen LogP contribution in [0.15, 0.2) is 59.5 Å². The number of carbonyl (C=O) groups excluding carboxylic acids is 2. The summed E-state index contributed by atoms with van der Waals surface area (Å²) >= 11 is 0. The molecule has 2 saturated heterocycles. The molecule has 2 unspecified atom stereocenters. The molecule has 2 heterocycles. The van der Waals surface area contributed by atoms with Crippen LogP contribution in [-0.2, 0) is 30.7 Å². The van der Waals surface area contributed by atoms with Crippen LogP contribution in [0.25, 0.3) is 0 Å². The minimum absolute atomic E-state index is 0.0413. The molecule has 2 aliphatic heterocycles. The predicted octanol–water partition coefficient (Wildman–Crippen LogP) is 2.79. The van der Waals surface area contributed by atoms with Gasteiger partial charge >= 0.3 is 12.2 Å². The Morgan fingerprint density at radius 1 is 1.05 bits per heavy atom. The third-order valence-corrected chi connectivity index (χ3v) is 9.54. The van der Waals surface area contributed by atoms with Crippen molar-refractivity contribution in [2.75, 3.05) is 65.3 Å². The molecule has 242 valence electrons. The van der Waals surface area contributed by atoms with E-state index in [9.17, 15) is 18.0 Å². The molecule has 2 aromatic carbocycles. The Kier molecular flexibility index (Phi) is 11.8. The van der Waals surface area contributed by atoms with Crippen LogP contribution in [0.4, 0.5) is 15.3 Å². The Labute approximate surface area is 260 Å². The molecule has 2 aromatic rings. The molecule has 3 atom stereocenters. The maximum Gasteiger partial charge on any atom is 0.410 e. The van der Waals surface area contributed by atoms with Gasteiger partial charge in [-0.05, 0) is 49.2 Å². The number of ether oxygens (including phenoxy) is 3. The van der Waals surface area contributed by atoms with Gasteiger partial charge in [0, 0.05) is 44.8 Å². The summed E-state index contributed by atoms with van der Waals surface area (Å²) in [5, 5.41) is 2.91. The van der Waals surface area contributed by atoms with Crippen molar-refractivity contribution in [1.82, 2.24) is 19.4 Å². The lowest BCUT2D eigenvalue weighted by Crippen LogP contribution is -2.55. The van der Waals surface area contributed by atoms with E-state index in [0.29, 0.717) is 51.5 Å². The van der Waals surface area contributed by atoms with Gasteiger partial charge in [0.05, 0.1) is 30.7 Å². The minimum Gasteiger partial charge on any atom is -0.444 e. The Balaban J connectivity index is 1.67.